The van der Waals surface area contributed by atoms with Crippen molar-refractivity contribution >= 4 is 12.0 Å². The summed E-state index contributed by atoms with van der Waals surface area (Å²) >= 11 is 0. The molecule has 0 aliphatic heterocycles. The van der Waals surface area contributed by atoms with E-state index < -0.39 is 17.9 Å². The molecule has 5 nitrogen and oxygen atoms in total. The fourth-order valence-corrected chi connectivity index (χ4v) is 1.85. The van der Waals surface area contributed by atoms with Gasteiger partial charge in [0.15, 0.2) is 0 Å². The number of carboxylic acids is 1. The number of nitrogens with one attached hydrogen (secondary N) is 2. The van der Waals surface area contributed by atoms with Gasteiger partial charge in [0.2, 0.25) is 0 Å². The van der Waals surface area contributed by atoms with E-state index in [4.69, 9.17) is 5.11 Å². The van der Waals surface area contributed by atoms with Crippen molar-refractivity contribution in [2.45, 2.75) is 39.8 Å². The van der Waals surface area contributed by atoms with Gasteiger partial charge in [-0.3, -0.25) is 4.79 Å². The molecule has 5 heteroatoms. The lowest BCUT2D eigenvalue weighted by Gasteiger charge is -2.18. The summed E-state index contributed by atoms with van der Waals surface area (Å²) in [6.45, 7) is 5.75. The highest BCUT2D eigenvalue weighted by atomic mass is 16.4. The molecule has 0 fully saturated rings. The average Bonchev–Trinajstić information content (AvgIpc) is 2.44. The summed E-state index contributed by atoms with van der Waals surface area (Å²) in [5, 5.41) is 14.3. The molecule has 2 atom stereocenters. The van der Waals surface area contributed by atoms with Crippen LogP contribution in [0.2, 0.25) is 0 Å². The number of hydrogen-bond acceptors (Lipinski definition) is 2. The molecular weight excluding hydrogens is 256 g/mol. The van der Waals surface area contributed by atoms with Crippen molar-refractivity contribution in [2.75, 3.05) is 0 Å². The highest BCUT2D eigenvalue weighted by Gasteiger charge is 2.20. The first-order chi connectivity index (χ1) is 9.45. The summed E-state index contributed by atoms with van der Waals surface area (Å²) in [5.41, 5.74) is 2.27. The van der Waals surface area contributed by atoms with E-state index in [1.165, 1.54) is 5.56 Å². The Balaban J connectivity index is 2.49. The second-order valence-corrected chi connectivity index (χ2v) is 4.86. The Kier molecular flexibility index (Phi) is 6.03. The quantitative estimate of drug-likeness (QED) is 0.746. The number of aryl methyl sites for hydroxylation is 1. The van der Waals surface area contributed by atoms with Gasteiger partial charge in [0.05, 0.1) is 5.92 Å². The van der Waals surface area contributed by atoms with Gasteiger partial charge in [0.1, 0.15) is 0 Å². The van der Waals surface area contributed by atoms with Crippen molar-refractivity contribution in [1.29, 1.82) is 0 Å². The van der Waals surface area contributed by atoms with Crippen molar-refractivity contribution in [2.24, 2.45) is 5.92 Å². The van der Waals surface area contributed by atoms with Crippen LogP contribution in [0.25, 0.3) is 0 Å². The Morgan fingerprint density at radius 2 is 1.80 bits per heavy atom. The van der Waals surface area contributed by atoms with Crippen LogP contribution in [0.4, 0.5) is 4.79 Å². The molecule has 0 saturated carbocycles. The molecule has 1 rings (SSSR count). The van der Waals surface area contributed by atoms with Gasteiger partial charge in [-0.2, -0.15) is 0 Å². The summed E-state index contributed by atoms with van der Waals surface area (Å²) in [6.07, 6.45) is 0.909. The molecule has 0 saturated heterocycles. The summed E-state index contributed by atoms with van der Waals surface area (Å²) in [5.74, 6) is -1.54. The van der Waals surface area contributed by atoms with E-state index in [-0.39, 0.29) is 6.03 Å². The molecule has 20 heavy (non-hydrogen) atoms. The van der Waals surface area contributed by atoms with Crippen LogP contribution in [0.5, 0.6) is 0 Å². The van der Waals surface area contributed by atoms with Gasteiger partial charge in [0, 0.05) is 12.6 Å². The number of urea groups is 1. The van der Waals surface area contributed by atoms with E-state index in [1.807, 2.05) is 24.3 Å². The van der Waals surface area contributed by atoms with Gasteiger partial charge >= 0.3 is 12.0 Å². The molecule has 0 aliphatic rings. The van der Waals surface area contributed by atoms with Crippen LogP contribution in [-0.2, 0) is 17.8 Å². The maximum absolute atomic E-state index is 11.7. The predicted molar refractivity (Wildman–Crippen MR) is 77.5 cm³/mol. The van der Waals surface area contributed by atoms with Crippen molar-refractivity contribution in [1.82, 2.24) is 10.6 Å². The Hall–Kier alpha value is -2.04. The van der Waals surface area contributed by atoms with Gasteiger partial charge in [-0.25, -0.2) is 4.79 Å². The van der Waals surface area contributed by atoms with Gasteiger partial charge in [-0.1, -0.05) is 31.2 Å². The zero-order chi connectivity index (χ0) is 15.1. The maximum atomic E-state index is 11.7. The molecule has 0 spiro atoms. The molecular formula is C15H22N2O3. The summed E-state index contributed by atoms with van der Waals surface area (Å²) < 4.78 is 0. The predicted octanol–water partition coefficient (Wildman–Crippen LogP) is 2.16. The van der Waals surface area contributed by atoms with Crippen molar-refractivity contribution in [3.8, 4) is 0 Å². The van der Waals surface area contributed by atoms with E-state index >= 15 is 0 Å². The first kappa shape index (κ1) is 16.0. The third-order valence-corrected chi connectivity index (χ3v) is 3.44. The second kappa shape index (κ2) is 7.53. The molecule has 0 radical (unpaired) electrons. The van der Waals surface area contributed by atoms with Gasteiger partial charge in [-0.05, 0) is 31.4 Å². The highest BCUT2D eigenvalue weighted by molar-refractivity contribution is 5.76. The SMILES string of the molecule is CCc1ccccc1CNC(=O)NC(C)C(C)C(=O)O. The summed E-state index contributed by atoms with van der Waals surface area (Å²) in [6, 6.07) is 7.14. The first-order valence-corrected chi connectivity index (χ1v) is 6.79. The lowest BCUT2D eigenvalue weighted by Crippen LogP contribution is -2.45. The van der Waals surface area contributed by atoms with E-state index in [0.717, 1.165) is 12.0 Å². The number of carbonyl (C=O) groups excluding carboxylic acids is 1. The molecule has 1 aromatic rings. The van der Waals surface area contributed by atoms with Crippen LogP contribution in [-0.4, -0.2) is 23.1 Å². The molecule has 0 aliphatic carbocycles. The van der Waals surface area contributed by atoms with E-state index in [9.17, 15) is 9.59 Å². The lowest BCUT2D eigenvalue weighted by molar-refractivity contribution is -0.141. The third kappa shape index (κ3) is 4.57. The van der Waals surface area contributed by atoms with Crippen LogP contribution < -0.4 is 10.6 Å². The second-order valence-electron chi connectivity index (χ2n) is 4.86. The largest absolute Gasteiger partial charge is 0.481 e. The minimum Gasteiger partial charge on any atom is -0.481 e. The Morgan fingerprint density at radius 1 is 1.20 bits per heavy atom. The molecule has 3 N–H and O–H groups in total. The van der Waals surface area contributed by atoms with Crippen molar-refractivity contribution in [3.05, 3.63) is 35.4 Å². The highest BCUT2D eigenvalue weighted by Crippen LogP contribution is 2.09. The van der Waals surface area contributed by atoms with Crippen LogP contribution in [0.1, 0.15) is 31.9 Å². The number of carbonyl (C=O) groups is 2. The van der Waals surface area contributed by atoms with Gasteiger partial charge < -0.3 is 15.7 Å². The number of carboxylic acid groups (broad SMARTS) is 1. The van der Waals surface area contributed by atoms with Crippen LogP contribution in [0.15, 0.2) is 24.3 Å². The molecule has 0 aromatic heterocycles. The van der Waals surface area contributed by atoms with Crippen molar-refractivity contribution in [3.63, 3.8) is 0 Å². The summed E-state index contributed by atoms with van der Waals surface area (Å²) in [4.78, 5) is 22.6. The number of hydrogen-bond donors (Lipinski definition) is 3. The van der Waals surface area contributed by atoms with Gasteiger partial charge in [-0.15, -0.1) is 0 Å². The average molecular weight is 278 g/mol. The topological polar surface area (TPSA) is 78.4 Å². The normalized spacial score (nSPS) is 13.3. The molecule has 2 unspecified atom stereocenters. The number of benzene rings is 1. The zero-order valence-corrected chi connectivity index (χ0v) is 12.1. The smallest absolute Gasteiger partial charge is 0.315 e. The Bertz CT molecular complexity index is 474. The third-order valence-electron chi connectivity index (χ3n) is 3.44. The number of rotatable bonds is 6. The first-order valence-electron chi connectivity index (χ1n) is 6.79. The molecule has 110 valence electrons. The monoisotopic (exact) mass is 278 g/mol. The van der Waals surface area contributed by atoms with Crippen LogP contribution >= 0.6 is 0 Å². The Morgan fingerprint density at radius 3 is 2.35 bits per heavy atom. The Labute approximate surface area is 119 Å². The molecule has 0 bridgehead atoms. The fourth-order valence-electron chi connectivity index (χ4n) is 1.85. The number of aliphatic carboxylic acids is 1. The van der Waals surface area contributed by atoms with E-state index in [0.29, 0.717) is 6.54 Å². The van der Waals surface area contributed by atoms with E-state index in [2.05, 4.69) is 17.6 Å². The maximum Gasteiger partial charge on any atom is 0.315 e. The van der Waals surface area contributed by atoms with Gasteiger partial charge in [0.25, 0.3) is 0 Å². The fraction of sp³-hybridized carbons (Fsp3) is 0.467. The zero-order valence-electron chi connectivity index (χ0n) is 12.1. The molecule has 2 amide bonds. The minimum absolute atomic E-state index is 0.350. The molecule has 1 aromatic carbocycles. The summed E-state index contributed by atoms with van der Waals surface area (Å²) in [7, 11) is 0. The van der Waals surface area contributed by atoms with E-state index in [1.54, 1.807) is 13.8 Å². The lowest BCUT2D eigenvalue weighted by atomic mass is 10.0. The minimum atomic E-state index is -0.922. The van der Waals surface area contributed by atoms with Crippen LogP contribution in [0, 0.1) is 5.92 Å². The standard InChI is InChI=1S/C15H22N2O3/c1-4-12-7-5-6-8-13(12)9-16-15(20)17-11(3)10(2)14(18)19/h5-8,10-11H,4,9H2,1-3H3,(H,18,19)(H2,16,17,20). The number of amides is 2. The van der Waals surface area contributed by atoms with Crippen LogP contribution in [0.3, 0.4) is 0 Å². The van der Waals surface area contributed by atoms with Crippen molar-refractivity contribution < 1.29 is 14.7 Å². The molecule has 0 heterocycles.